The van der Waals surface area contributed by atoms with Crippen molar-refractivity contribution in [1.29, 1.82) is 0 Å². The van der Waals surface area contributed by atoms with Crippen LogP contribution < -0.4 is 5.32 Å². The number of hydrogen-bond donors (Lipinski definition) is 2. The Labute approximate surface area is 101 Å². The number of hydrogen-bond acceptors (Lipinski definition) is 3. The number of aliphatic hydroxyl groups is 1. The summed E-state index contributed by atoms with van der Waals surface area (Å²) in [5.41, 5.74) is 1.82. The summed E-state index contributed by atoms with van der Waals surface area (Å²) >= 11 is 0. The van der Waals surface area contributed by atoms with Crippen LogP contribution in [0.5, 0.6) is 0 Å². The van der Waals surface area contributed by atoms with Crippen LogP contribution in [-0.4, -0.2) is 48.7 Å². The summed E-state index contributed by atoms with van der Waals surface area (Å²) in [6.45, 7) is 1.77. The number of amides is 1. The zero-order chi connectivity index (χ0) is 12.3. The quantitative estimate of drug-likeness (QED) is 0.786. The number of likely N-dealkylation sites (N-methyl/N-ethyl adjacent to an activating group) is 1. The Bertz CT molecular complexity index is 400. The molecule has 2 N–H and O–H groups in total. The molecular formula is C13H18N2O2. The lowest BCUT2D eigenvalue weighted by molar-refractivity contribution is 0.00582. The summed E-state index contributed by atoms with van der Waals surface area (Å²) in [5.74, 6) is 0.0296. The molecule has 4 heteroatoms. The van der Waals surface area contributed by atoms with Gasteiger partial charge in [-0.2, -0.15) is 0 Å². The predicted molar refractivity (Wildman–Crippen MR) is 66.0 cm³/mol. The number of carbonyl (C=O) groups is 1. The van der Waals surface area contributed by atoms with E-state index in [4.69, 9.17) is 0 Å². The highest BCUT2D eigenvalue weighted by Crippen LogP contribution is 2.16. The van der Waals surface area contributed by atoms with Gasteiger partial charge < -0.3 is 15.3 Å². The van der Waals surface area contributed by atoms with Crippen LogP contribution in [0.15, 0.2) is 24.3 Å². The van der Waals surface area contributed by atoms with E-state index in [-0.39, 0.29) is 12.0 Å². The van der Waals surface area contributed by atoms with Gasteiger partial charge in [0.1, 0.15) is 0 Å². The minimum atomic E-state index is -0.344. The minimum absolute atomic E-state index is 0.0296. The number of rotatable bonds is 4. The summed E-state index contributed by atoms with van der Waals surface area (Å²) in [6, 6.07) is 7.68. The van der Waals surface area contributed by atoms with Gasteiger partial charge in [-0.3, -0.25) is 4.79 Å². The second kappa shape index (κ2) is 5.29. The fourth-order valence-corrected chi connectivity index (χ4v) is 2.00. The molecule has 1 aromatic carbocycles. The van der Waals surface area contributed by atoms with Crippen molar-refractivity contribution >= 4 is 5.91 Å². The SMILES string of the molecule is CNCCc1ccccc1C(=O)N1CC(O)C1. The summed E-state index contributed by atoms with van der Waals surface area (Å²) in [6.07, 6.45) is 0.498. The van der Waals surface area contributed by atoms with Gasteiger partial charge in [-0.15, -0.1) is 0 Å². The molecule has 1 aliphatic heterocycles. The highest BCUT2D eigenvalue weighted by Gasteiger charge is 2.30. The Morgan fingerprint density at radius 3 is 2.82 bits per heavy atom. The molecule has 0 saturated carbocycles. The first-order valence-corrected chi connectivity index (χ1v) is 5.92. The summed E-state index contributed by atoms with van der Waals surface area (Å²) in [5, 5.41) is 12.3. The molecule has 0 bridgehead atoms. The number of nitrogens with one attached hydrogen (secondary N) is 1. The summed E-state index contributed by atoms with van der Waals surface area (Å²) in [7, 11) is 1.90. The number of benzene rings is 1. The third kappa shape index (κ3) is 2.65. The van der Waals surface area contributed by atoms with Crippen LogP contribution in [0.1, 0.15) is 15.9 Å². The van der Waals surface area contributed by atoms with Gasteiger partial charge >= 0.3 is 0 Å². The Balaban J connectivity index is 2.11. The van der Waals surface area contributed by atoms with Crippen molar-refractivity contribution in [3.8, 4) is 0 Å². The van der Waals surface area contributed by atoms with Crippen molar-refractivity contribution in [3.63, 3.8) is 0 Å². The molecule has 1 aliphatic rings. The maximum absolute atomic E-state index is 12.2. The lowest BCUT2D eigenvalue weighted by atomic mass is 10.0. The van der Waals surface area contributed by atoms with E-state index in [1.54, 1.807) is 4.90 Å². The summed E-state index contributed by atoms with van der Waals surface area (Å²) in [4.78, 5) is 13.8. The molecular weight excluding hydrogens is 216 g/mol. The first-order valence-electron chi connectivity index (χ1n) is 5.92. The molecule has 0 unspecified atom stereocenters. The molecule has 1 fully saturated rings. The maximum Gasteiger partial charge on any atom is 0.254 e. The van der Waals surface area contributed by atoms with Gasteiger partial charge in [0.15, 0.2) is 0 Å². The van der Waals surface area contributed by atoms with Crippen molar-refractivity contribution in [2.75, 3.05) is 26.7 Å². The zero-order valence-electron chi connectivity index (χ0n) is 10.0. The van der Waals surface area contributed by atoms with E-state index in [2.05, 4.69) is 5.32 Å². The van der Waals surface area contributed by atoms with Crippen LogP contribution in [0.4, 0.5) is 0 Å². The molecule has 1 aromatic rings. The molecule has 17 heavy (non-hydrogen) atoms. The molecule has 1 saturated heterocycles. The van der Waals surface area contributed by atoms with E-state index in [1.165, 1.54) is 0 Å². The van der Waals surface area contributed by atoms with E-state index in [1.807, 2.05) is 31.3 Å². The van der Waals surface area contributed by atoms with Crippen LogP contribution in [0.3, 0.4) is 0 Å². The standard InChI is InChI=1S/C13H18N2O2/c1-14-7-6-10-4-2-3-5-12(10)13(17)15-8-11(16)9-15/h2-5,11,14,16H,6-9H2,1H3. The second-order valence-electron chi connectivity index (χ2n) is 4.37. The van der Waals surface area contributed by atoms with Gasteiger partial charge in [-0.25, -0.2) is 0 Å². The fraction of sp³-hybridized carbons (Fsp3) is 0.462. The van der Waals surface area contributed by atoms with Gasteiger partial charge in [0, 0.05) is 18.7 Å². The maximum atomic E-state index is 12.2. The molecule has 0 radical (unpaired) electrons. The highest BCUT2D eigenvalue weighted by atomic mass is 16.3. The van der Waals surface area contributed by atoms with E-state index >= 15 is 0 Å². The first-order chi connectivity index (χ1) is 8.22. The average Bonchev–Trinajstić information content (AvgIpc) is 2.32. The summed E-state index contributed by atoms with van der Waals surface area (Å²) < 4.78 is 0. The molecule has 1 heterocycles. The molecule has 0 aromatic heterocycles. The molecule has 1 amide bonds. The normalized spacial score (nSPS) is 15.8. The average molecular weight is 234 g/mol. The second-order valence-corrected chi connectivity index (χ2v) is 4.37. The van der Waals surface area contributed by atoms with Gasteiger partial charge in [-0.05, 0) is 31.6 Å². The van der Waals surface area contributed by atoms with Crippen molar-refractivity contribution < 1.29 is 9.90 Å². The van der Waals surface area contributed by atoms with E-state index in [9.17, 15) is 9.90 Å². The molecule has 0 aliphatic carbocycles. The number of aliphatic hydroxyl groups excluding tert-OH is 1. The Morgan fingerprint density at radius 1 is 1.47 bits per heavy atom. The number of β-amino-alcohol motifs (C(OH)–C–C–N with tert-alkyl or cyclic N) is 1. The zero-order valence-corrected chi connectivity index (χ0v) is 10.0. The van der Waals surface area contributed by atoms with E-state index in [0.29, 0.717) is 13.1 Å². The van der Waals surface area contributed by atoms with Crippen molar-refractivity contribution in [1.82, 2.24) is 10.2 Å². The number of carbonyl (C=O) groups excluding carboxylic acids is 1. The monoisotopic (exact) mass is 234 g/mol. The molecule has 4 nitrogen and oxygen atoms in total. The van der Waals surface area contributed by atoms with Gasteiger partial charge in [0.2, 0.25) is 0 Å². The van der Waals surface area contributed by atoms with Gasteiger partial charge in [0.05, 0.1) is 6.10 Å². The van der Waals surface area contributed by atoms with Crippen LogP contribution >= 0.6 is 0 Å². The molecule has 0 spiro atoms. The molecule has 92 valence electrons. The lowest BCUT2D eigenvalue weighted by Crippen LogP contribution is -2.53. The lowest BCUT2D eigenvalue weighted by Gasteiger charge is -2.36. The third-order valence-corrected chi connectivity index (χ3v) is 3.04. The smallest absolute Gasteiger partial charge is 0.254 e. The van der Waals surface area contributed by atoms with Crippen molar-refractivity contribution in [2.24, 2.45) is 0 Å². The molecule has 2 rings (SSSR count). The predicted octanol–water partition coefficient (Wildman–Crippen LogP) is 0.265. The minimum Gasteiger partial charge on any atom is -0.389 e. The highest BCUT2D eigenvalue weighted by molar-refractivity contribution is 5.96. The third-order valence-electron chi connectivity index (χ3n) is 3.04. The van der Waals surface area contributed by atoms with Crippen LogP contribution in [0, 0.1) is 0 Å². The van der Waals surface area contributed by atoms with Crippen LogP contribution in [-0.2, 0) is 6.42 Å². The van der Waals surface area contributed by atoms with Gasteiger partial charge in [0.25, 0.3) is 5.91 Å². The fourth-order valence-electron chi connectivity index (χ4n) is 2.00. The number of likely N-dealkylation sites (tertiary alicyclic amines) is 1. The van der Waals surface area contributed by atoms with Gasteiger partial charge in [-0.1, -0.05) is 18.2 Å². The van der Waals surface area contributed by atoms with Crippen LogP contribution in [0.25, 0.3) is 0 Å². The van der Waals surface area contributed by atoms with Crippen LogP contribution in [0.2, 0.25) is 0 Å². The van der Waals surface area contributed by atoms with Crippen molar-refractivity contribution in [2.45, 2.75) is 12.5 Å². The molecule has 0 atom stereocenters. The Morgan fingerprint density at radius 2 is 2.18 bits per heavy atom. The van der Waals surface area contributed by atoms with Crippen molar-refractivity contribution in [3.05, 3.63) is 35.4 Å². The van der Waals surface area contributed by atoms with E-state index in [0.717, 1.165) is 24.1 Å². The largest absolute Gasteiger partial charge is 0.389 e. The topological polar surface area (TPSA) is 52.6 Å². The number of nitrogens with zero attached hydrogens (tertiary/aromatic N) is 1. The first kappa shape index (κ1) is 12.1. The van der Waals surface area contributed by atoms with E-state index < -0.39 is 0 Å². The Hall–Kier alpha value is -1.39. The Kier molecular flexibility index (Phi) is 3.76.